The maximum atomic E-state index is 11.7. The van der Waals surface area contributed by atoms with Gasteiger partial charge >= 0.3 is 5.97 Å². The summed E-state index contributed by atoms with van der Waals surface area (Å²) in [5, 5.41) is 9.00. The number of nitriles is 1. The fourth-order valence-electron chi connectivity index (χ4n) is 2.00. The minimum absolute atomic E-state index is 0.0343. The third-order valence-corrected chi connectivity index (χ3v) is 3.42. The Hall–Kier alpha value is -1.37. The van der Waals surface area contributed by atoms with Crippen molar-refractivity contribution < 1.29 is 14.3 Å². The highest BCUT2D eigenvalue weighted by atomic mass is 16.5. The van der Waals surface area contributed by atoms with Crippen molar-refractivity contribution >= 4 is 11.8 Å². The molecule has 0 radical (unpaired) electrons. The first kappa shape index (κ1) is 15.6. The van der Waals surface area contributed by atoms with E-state index in [-0.39, 0.29) is 18.8 Å². The Bertz CT molecular complexity index is 313. The van der Waals surface area contributed by atoms with Crippen LogP contribution in [0, 0.1) is 22.7 Å². The highest BCUT2D eigenvalue weighted by Gasteiger charge is 2.37. The van der Waals surface area contributed by atoms with Crippen LogP contribution in [0.4, 0.5) is 0 Å². The van der Waals surface area contributed by atoms with Gasteiger partial charge in [-0.25, -0.2) is 0 Å². The van der Waals surface area contributed by atoms with Crippen LogP contribution in [0.25, 0.3) is 0 Å². The first-order valence-electron chi connectivity index (χ1n) is 6.04. The Morgan fingerprint density at radius 1 is 1.29 bits per heavy atom. The highest BCUT2D eigenvalue weighted by Crippen LogP contribution is 2.35. The SMILES string of the molecule is CCOC(=O)C(C#N)CC(CC)(CC)C(C)=O. The molecule has 4 nitrogen and oxygen atoms in total. The summed E-state index contributed by atoms with van der Waals surface area (Å²) in [6.45, 7) is 7.29. The topological polar surface area (TPSA) is 67.2 Å². The number of Topliss-reactive ketones (excluding diaryl/α,β-unsaturated/α-hetero) is 1. The molecule has 0 aliphatic carbocycles. The van der Waals surface area contributed by atoms with Gasteiger partial charge in [0.05, 0.1) is 12.7 Å². The Labute approximate surface area is 103 Å². The largest absolute Gasteiger partial charge is 0.465 e. The number of hydrogen-bond donors (Lipinski definition) is 0. The van der Waals surface area contributed by atoms with E-state index in [1.54, 1.807) is 6.92 Å². The van der Waals surface area contributed by atoms with Crippen molar-refractivity contribution in [2.24, 2.45) is 11.3 Å². The second kappa shape index (κ2) is 7.05. The molecule has 0 aromatic carbocycles. The maximum absolute atomic E-state index is 11.7. The normalized spacial score (nSPS) is 12.6. The van der Waals surface area contributed by atoms with Gasteiger partial charge in [0.2, 0.25) is 0 Å². The predicted molar refractivity (Wildman–Crippen MR) is 64.0 cm³/mol. The zero-order valence-corrected chi connectivity index (χ0v) is 11.1. The number of rotatable bonds is 7. The van der Waals surface area contributed by atoms with Gasteiger partial charge in [0.25, 0.3) is 0 Å². The van der Waals surface area contributed by atoms with E-state index in [1.165, 1.54) is 6.92 Å². The minimum Gasteiger partial charge on any atom is -0.465 e. The monoisotopic (exact) mass is 239 g/mol. The molecule has 0 spiro atoms. The standard InChI is InChI=1S/C13H21NO3/c1-5-13(6-2,10(4)15)8-11(9-14)12(16)17-7-3/h11H,5-8H2,1-4H3. The molecule has 0 aromatic rings. The van der Waals surface area contributed by atoms with Gasteiger partial charge in [-0.1, -0.05) is 13.8 Å². The number of hydrogen-bond acceptors (Lipinski definition) is 4. The molecule has 0 aliphatic heterocycles. The molecule has 0 saturated carbocycles. The number of nitrogens with zero attached hydrogens (tertiary/aromatic N) is 1. The lowest BCUT2D eigenvalue weighted by Crippen LogP contribution is -2.33. The molecule has 0 bridgehead atoms. The van der Waals surface area contributed by atoms with E-state index in [1.807, 2.05) is 19.9 Å². The average Bonchev–Trinajstić information content (AvgIpc) is 2.31. The third-order valence-electron chi connectivity index (χ3n) is 3.42. The van der Waals surface area contributed by atoms with Gasteiger partial charge in [-0.2, -0.15) is 5.26 Å². The smallest absolute Gasteiger partial charge is 0.323 e. The first-order chi connectivity index (χ1) is 7.97. The van der Waals surface area contributed by atoms with Crippen LogP contribution in [0.1, 0.15) is 47.0 Å². The Morgan fingerprint density at radius 3 is 2.12 bits per heavy atom. The molecule has 0 amide bonds. The van der Waals surface area contributed by atoms with Crippen LogP contribution in [-0.2, 0) is 14.3 Å². The van der Waals surface area contributed by atoms with E-state index in [4.69, 9.17) is 10.00 Å². The molecule has 0 aliphatic rings. The molecule has 4 heteroatoms. The molecule has 0 saturated heterocycles. The van der Waals surface area contributed by atoms with Crippen LogP contribution in [0.5, 0.6) is 0 Å². The molecular formula is C13H21NO3. The van der Waals surface area contributed by atoms with E-state index in [0.717, 1.165) is 0 Å². The number of ketones is 1. The van der Waals surface area contributed by atoms with Crippen LogP contribution in [0.3, 0.4) is 0 Å². The van der Waals surface area contributed by atoms with Gasteiger partial charge in [0.1, 0.15) is 11.7 Å². The summed E-state index contributed by atoms with van der Waals surface area (Å²) in [4.78, 5) is 23.2. The Balaban J connectivity index is 4.91. The quantitative estimate of drug-likeness (QED) is 0.640. The van der Waals surface area contributed by atoms with E-state index in [9.17, 15) is 9.59 Å². The lowest BCUT2D eigenvalue weighted by Gasteiger charge is -2.29. The summed E-state index contributed by atoms with van der Waals surface area (Å²) in [5.41, 5.74) is -0.576. The van der Waals surface area contributed by atoms with Crippen molar-refractivity contribution in [1.82, 2.24) is 0 Å². The van der Waals surface area contributed by atoms with Crippen molar-refractivity contribution in [2.75, 3.05) is 6.61 Å². The van der Waals surface area contributed by atoms with Crippen LogP contribution in [-0.4, -0.2) is 18.4 Å². The first-order valence-corrected chi connectivity index (χ1v) is 6.04. The number of esters is 1. The summed E-state index contributed by atoms with van der Waals surface area (Å²) < 4.78 is 4.84. The fraction of sp³-hybridized carbons (Fsp3) is 0.769. The van der Waals surface area contributed by atoms with Gasteiger partial charge in [-0.05, 0) is 33.1 Å². The van der Waals surface area contributed by atoms with E-state index in [0.29, 0.717) is 12.8 Å². The summed E-state index contributed by atoms with van der Waals surface area (Å²) in [5.74, 6) is -1.34. The lowest BCUT2D eigenvalue weighted by molar-refractivity contribution is -0.147. The van der Waals surface area contributed by atoms with Crippen molar-refractivity contribution in [1.29, 1.82) is 5.26 Å². The molecule has 0 heterocycles. The average molecular weight is 239 g/mol. The Kier molecular flexibility index (Phi) is 6.48. The molecule has 17 heavy (non-hydrogen) atoms. The van der Waals surface area contributed by atoms with Crippen LogP contribution in [0.15, 0.2) is 0 Å². The van der Waals surface area contributed by atoms with Crippen LogP contribution >= 0.6 is 0 Å². The fourth-order valence-corrected chi connectivity index (χ4v) is 2.00. The van der Waals surface area contributed by atoms with Gasteiger partial charge in [-0.3, -0.25) is 9.59 Å². The van der Waals surface area contributed by atoms with E-state index >= 15 is 0 Å². The summed E-state index contributed by atoms with van der Waals surface area (Å²) in [6, 6.07) is 1.94. The number of ether oxygens (including phenoxy) is 1. The van der Waals surface area contributed by atoms with Crippen LogP contribution < -0.4 is 0 Å². The predicted octanol–water partition coefficient (Wildman–Crippen LogP) is 2.47. The lowest BCUT2D eigenvalue weighted by atomic mass is 9.72. The summed E-state index contributed by atoms with van der Waals surface area (Å²) in [6.07, 6.45) is 1.53. The third kappa shape index (κ3) is 3.85. The molecule has 0 fully saturated rings. The summed E-state index contributed by atoms with van der Waals surface area (Å²) in [7, 11) is 0. The highest BCUT2D eigenvalue weighted by molar-refractivity contribution is 5.84. The van der Waals surface area contributed by atoms with Crippen molar-refractivity contribution in [3.8, 4) is 6.07 Å². The van der Waals surface area contributed by atoms with Gasteiger partial charge in [0, 0.05) is 5.41 Å². The van der Waals surface area contributed by atoms with Crippen molar-refractivity contribution in [2.45, 2.75) is 47.0 Å². The molecule has 0 rings (SSSR count). The molecule has 96 valence electrons. The van der Waals surface area contributed by atoms with E-state index in [2.05, 4.69) is 0 Å². The van der Waals surface area contributed by atoms with Crippen molar-refractivity contribution in [3.63, 3.8) is 0 Å². The number of carbonyl (C=O) groups excluding carboxylic acids is 2. The second-order valence-electron chi connectivity index (χ2n) is 4.18. The minimum atomic E-state index is -0.848. The zero-order valence-electron chi connectivity index (χ0n) is 11.1. The van der Waals surface area contributed by atoms with Crippen LogP contribution in [0.2, 0.25) is 0 Å². The molecule has 1 unspecified atom stereocenters. The second-order valence-corrected chi connectivity index (χ2v) is 4.18. The molecule has 0 N–H and O–H groups in total. The molecular weight excluding hydrogens is 218 g/mol. The van der Waals surface area contributed by atoms with Gasteiger partial charge in [-0.15, -0.1) is 0 Å². The van der Waals surface area contributed by atoms with Gasteiger partial charge in [0.15, 0.2) is 0 Å². The summed E-state index contributed by atoms with van der Waals surface area (Å²) >= 11 is 0. The molecule has 0 aromatic heterocycles. The zero-order chi connectivity index (χ0) is 13.5. The molecule has 1 atom stereocenters. The maximum Gasteiger partial charge on any atom is 0.323 e. The van der Waals surface area contributed by atoms with E-state index < -0.39 is 17.3 Å². The Morgan fingerprint density at radius 2 is 1.82 bits per heavy atom. The van der Waals surface area contributed by atoms with Crippen molar-refractivity contribution in [3.05, 3.63) is 0 Å². The van der Waals surface area contributed by atoms with Gasteiger partial charge < -0.3 is 4.74 Å². The number of carbonyl (C=O) groups is 2.